The van der Waals surface area contributed by atoms with Gasteiger partial charge in [0.1, 0.15) is 0 Å². The van der Waals surface area contributed by atoms with Crippen molar-refractivity contribution in [1.29, 1.82) is 0 Å². The Morgan fingerprint density at radius 2 is 1.79 bits per heavy atom. The Hall–Kier alpha value is -2.08. The molecule has 1 rings (SSSR count). The Kier molecular flexibility index (Phi) is 9.73. The summed E-state index contributed by atoms with van der Waals surface area (Å²) in [6.07, 6.45) is 0.737. The van der Waals surface area contributed by atoms with E-state index in [1.165, 1.54) is 12.0 Å². The van der Waals surface area contributed by atoms with Gasteiger partial charge in [-0.2, -0.15) is 0 Å². The van der Waals surface area contributed by atoms with E-state index in [9.17, 15) is 9.59 Å². The van der Waals surface area contributed by atoms with Gasteiger partial charge in [0.15, 0.2) is 0 Å². The van der Waals surface area contributed by atoms with Gasteiger partial charge in [-0.1, -0.05) is 13.8 Å². The van der Waals surface area contributed by atoms with Gasteiger partial charge in [-0.3, -0.25) is 14.4 Å². The fraction of sp³-hybridized carbons (Fsp3) is 0.556. The van der Waals surface area contributed by atoms with Crippen LogP contribution in [0, 0.1) is 0 Å². The maximum Gasteiger partial charge on any atom is 0.277 e. The van der Waals surface area contributed by atoms with Crippen molar-refractivity contribution in [2.45, 2.75) is 40.7 Å². The summed E-state index contributed by atoms with van der Waals surface area (Å²) in [6, 6.07) is 5.62. The predicted molar refractivity (Wildman–Crippen MR) is 99.5 cm³/mol. The zero-order chi connectivity index (χ0) is 18.9. The van der Waals surface area contributed by atoms with E-state index in [0.29, 0.717) is 11.3 Å². The molecule has 0 spiro atoms. The van der Waals surface area contributed by atoms with Crippen molar-refractivity contribution in [2.24, 2.45) is 0 Å². The van der Waals surface area contributed by atoms with Gasteiger partial charge in [-0.25, -0.2) is 5.06 Å². The molecule has 24 heavy (non-hydrogen) atoms. The van der Waals surface area contributed by atoms with Crippen LogP contribution in [0.2, 0.25) is 0 Å². The van der Waals surface area contributed by atoms with Gasteiger partial charge in [-0.15, -0.1) is 0 Å². The number of nitrogens with zero attached hydrogens (tertiary/aromatic N) is 3. The van der Waals surface area contributed by atoms with Gasteiger partial charge in [0.2, 0.25) is 6.41 Å². The summed E-state index contributed by atoms with van der Waals surface area (Å²) < 4.78 is 0. The fourth-order valence-corrected chi connectivity index (χ4v) is 2.32. The highest BCUT2D eigenvalue weighted by Crippen LogP contribution is 2.31. The number of rotatable bonds is 7. The summed E-state index contributed by atoms with van der Waals surface area (Å²) in [5, 5.41) is 1.15. The summed E-state index contributed by atoms with van der Waals surface area (Å²) >= 11 is 0. The molecule has 0 aliphatic rings. The molecule has 0 fully saturated rings. The number of anilines is 2. The average Bonchev–Trinajstić information content (AvgIpc) is 2.61. The molecule has 0 aromatic heterocycles. The molecule has 0 aliphatic heterocycles. The maximum atomic E-state index is 12.2. The molecule has 6 nitrogen and oxygen atoms in total. The summed E-state index contributed by atoms with van der Waals surface area (Å²) in [5.74, 6) is -0.262. The Labute approximate surface area is 145 Å². The van der Waals surface area contributed by atoms with Crippen LogP contribution < -0.4 is 9.80 Å². The normalized spacial score (nSPS) is 9.88. The number of hydroxylamine groups is 2. The van der Waals surface area contributed by atoms with E-state index >= 15 is 0 Å². The molecule has 2 amide bonds. The van der Waals surface area contributed by atoms with E-state index in [1.54, 1.807) is 26.2 Å². The van der Waals surface area contributed by atoms with Gasteiger partial charge in [0, 0.05) is 32.2 Å². The molecule has 0 radical (unpaired) electrons. The van der Waals surface area contributed by atoms with E-state index < -0.39 is 0 Å². The molecule has 0 N–H and O–H groups in total. The highest BCUT2D eigenvalue weighted by atomic mass is 16.7. The Bertz CT molecular complexity index is 532. The van der Waals surface area contributed by atoms with Crippen molar-refractivity contribution >= 4 is 23.7 Å². The zero-order valence-electron chi connectivity index (χ0n) is 16.2. The van der Waals surface area contributed by atoms with Gasteiger partial charge in [0.25, 0.3) is 5.91 Å². The molecular weight excluding hydrogens is 306 g/mol. The van der Waals surface area contributed by atoms with Crippen molar-refractivity contribution in [2.75, 3.05) is 37.5 Å². The smallest absolute Gasteiger partial charge is 0.277 e. The number of amides is 2. The molecule has 0 saturated carbocycles. The predicted octanol–water partition coefficient (Wildman–Crippen LogP) is 3.17. The van der Waals surface area contributed by atoms with Crippen LogP contribution in [0.3, 0.4) is 0 Å². The summed E-state index contributed by atoms with van der Waals surface area (Å²) in [4.78, 5) is 32.0. The van der Waals surface area contributed by atoms with Crippen LogP contribution >= 0.6 is 0 Å². The molecule has 1 aromatic carbocycles. The average molecular weight is 337 g/mol. The monoisotopic (exact) mass is 337 g/mol. The molecule has 0 heterocycles. The van der Waals surface area contributed by atoms with E-state index in [2.05, 4.69) is 25.7 Å². The number of carbonyl (C=O) groups excluding carboxylic acids is 2. The molecule has 136 valence electrons. The van der Waals surface area contributed by atoms with Crippen LogP contribution in [-0.4, -0.2) is 51.2 Å². The Balaban J connectivity index is 0.00000254. The molecule has 0 atom stereocenters. The number of benzene rings is 1. The lowest BCUT2D eigenvalue weighted by molar-refractivity contribution is -0.107. The summed E-state index contributed by atoms with van der Waals surface area (Å²) in [5.41, 5.74) is 2.08. The highest BCUT2D eigenvalue weighted by Gasteiger charge is 2.19. The first-order chi connectivity index (χ1) is 11.4. The van der Waals surface area contributed by atoms with E-state index in [4.69, 9.17) is 4.84 Å². The van der Waals surface area contributed by atoms with Crippen LogP contribution in [-0.2, 0) is 9.63 Å². The fourth-order valence-electron chi connectivity index (χ4n) is 2.32. The van der Waals surface area contributed by atoms with Crippen LogP contribution in [0.1, 0.15) is 45.0 Å². The third kappa shape index (κ3) is 5.23. The van der Waals surface area contributed by atoms with Gasteiger partial charge in [0.05, 0.1) is 18.5 Å². The minimum Gasteiger partial charge on any atom is -0.368 e. The standard InChI is InChI=1S/C16H25N3O3.C2H6/c1-7-19(12(2)3)14-9-8-13(16(21)18(5)22-6)10-15(14)17(4)11-20;1-2/h8-12H,7H2,1-6H3;1-2H3. The molecule has 1 aromatic rings. The van der Waals surface area contributed by atoms with Crippen LogP contribution in [0.15, 0.2) is 18.2 Å². The van der Waals surface area contributed by atoms with E-state index in [-0.39, 0.29) is 11.9 Å². The van der Waals surface area contributed by atoms with Gasteiger partial charge >= 0.3 is 0 Å². The van der Waals surface area contributed by atoms with Crippen molar-refractivity contribution in [1.82, 2.24) is 5.06 Å². The molecule has 0 bridgehead atoms. The van der Waals surface area contributed by atoms with Crippen molar-refractivity contribution < 1.29 is 14.4 Å². The first-order valence-corrected chi connectivity index (χ1v) is 8.28. The number of hydrogen-bond donors (Lipinski definition) is 0. The second-order valence-electron chi connectivity index (χ2n) is 5.28. The van der Waals surface area contributed by atoms with E-state index in [1.807, 2.05) is 19.9 Å². The lowest BCUT2D eigenvalue weighted by Gasteiger charge is -2.31. The number of hydrogen-bond acceptors (Lipinski definition) is 4. The second-order valence-corrected chi connectivity index (χ2v) is 5.28. The minimum atomic E-state index is -0.262. The largest absolute Gasteiger partial charge is 0.368 e. The molecule has 6 heteroatoms. The Morgan fingerprint density at radius 1 is 1.21 bits per heavy atom. The molecular formula is C18H31N3O3. The van der Waals surface area contributed by atoms with Crippen LogP contribution in [0.5, 0.6) is 0 Å². The summed E-state index contributed by atoms with van der Waals surface area (Å²) in [6.45, 7) is 11.0. The van der Waals surface area contributed by atoms with Gasteiger partial charge in [-0.05, 0) is 39.0 Å². The summed E-state index contributed by atoms with van der Waals surface area (Å²) in [7, 11) is 4.66. The van der Waals surface area contributed by atoms with Crippen LogP contribution in [0.25, 0.3) is 0 Å². The SMILES string of the molecule is CC.CCN(c1ccc(C(=O)N(C)OC)cc1N(C)C=O)C(C)C. The number of carbonyl (C=O) groups is 2. The quantitative estimate of drug-likeness (QED) is 0.566. The third-order valence-corrected chi connectivity index (χ3v) is 3.59. The lowest BCUT2D eigenvalue weighted by atomic mass is 10.1. The lowest BCUT2D eigenvalue weighted by Crippen LogP contribution is -2.32. The first-order valence-electron chi connectivity index (χ1n) is 8.28. The molecule has 0 saturated heterocycles. The second kappa shape index (κ2) is 10.6. The third-order valence-electron chi connectivity index (χ3n) is 3.59. The van der Waals surface area contributed by atoms with Crippen molar-refractivity contribution in [3.63, 3.8) is 0 Å². The van der Waals surface area contributed by atoms with E-state index in [0.717, 1.165) is 23.7 Å². The molecule has 0 aliphatic carbocycles. The minimum absolute atomic E-state index is 0.262. The molecule has 0 unspecified atom stereocenters. The topological polar surface area (TPSA) is 53.1 Å². The Morgan fingerprint density at radius 3 is 2.21 bits per heavy atom. The first kappa shape index (κ1) is 21.9. The van der Waals surface area contributed by atoms with Crippen molar-refractivity contribution in [3.8, 4) is 0 Å². The highest BCUT2D eigenvalue weighted by molar-refractivity contribution is 5.97. The zero-order valence-corrected chi connectivity index (χ0v) is 16.2. The van der Waals surface area contributed by atoms with Gasteiger partial charge < -0.3 is 9.80 Å². The maximum absolute atomic E-state index is 12.2. The van der Waals surface area contributed by atoms with Crippen LogP contribution in [0.4, 0.5) is 11.4 Å². The van der Waals surface area contributed by atoms with Crippen molar-refractivity contribution in [3.05, 3.63) is 23.8 Å².